The summed E-state index contributed by atoms with van der Waals surface area (Å²) in [6, 6.07) is 12.5. The highest BCUT2D eigenvalue weighted by atomic mass is 35.5. The van der Waals surface area contributed by atoms with E-state index in [2.05, 4.69) is 0 Å². The zero-order valence-electron chi connectivity index (χ0n) is 14.0. The molecule has 0 bridgehead atoms. The standard InChI is InChI=1S/C19H20ClNO3/c1-13-7-9-15(19(23)21(2)3)12-17(13)24-18(22)10-8-14-5-4-6-16(20)11-14/h4-7,9,11-12H,8,10H2,1-3H3. The molecule has 5 heteroatoms. The molecule has 1 amide bonds. The molecule has 24 heavy (non-hydrogen) atoms. The first-order chi connectivity index (χ1) is 11.4. The third-order valence-electron chi connectivity index (χ3n) is 3.57. The van der Waals surface area contributed by atoms with Crippen molar-refractivity contribution < 1.29 is 14.3 Å². The predicted molar refractivity (Wildman–Crippen MR) is 94.6 cm³/mol. The highest BCUT2D eigenvalue weighted by molar-refractivity contribution is 6.30. The lowest BCUT2D eigenvalue weighted by atomic mass is 10.1. The summed E-state index contributed by atoms with van der Waals surface area (Å²) in [6.45, 7) is 1.84. The fourth-order valence-corrected chi connectivity index (χ4v) is 2.43. The Morgan fingerprint density at radius 3 is 2.54 bits per heavy atom. The van der Waals surface area contributed by atoms with E-state index >= 15 is 0 Å². The van der Waals surface area contributed by atoms with Gasteiger partial charge in [0.15, 0.2) is 0 Å². The van der Waals surface area contributed by atoms with Crippen LogP contribution in [0.1, 0.15) is 27.9 Å². The molecule has 0 aliphatic rings. The van der Waals surface area contributed by atoms with Crippen molar-refractivity contribution in [3.8, 4) is 5.75 Å². The maximum absolute atomic E-state index is 12.1. The zero-order valence-corrected chi connectivity index (χ0v) is 14.8. The number of carbonyl (C=O) groups is 2. The van der Waals surface area contributed by atoms with Gasteiger partial charge in [-0.05, 0) is 48.7 Å². The van der Waals surface area contributed by atoms with E-state index in [0.717, 1.165) is 11.1 Å². The van der Waals surface area contributed by atoms with E-state index in [1.807, 2.05) is 25.1 Å². The van der Waals surface area contributed by atoms with Gasteiger partial charge >= 0.3 is 5.97 Å². The number of amides is 1. The SMILES string of the molecule is Cc1ccc(C(=O)N(C)C)cc1OC(=O)CCc1cccc(Cl)c1. The van der Waals surface area contributed by atoms with Gasteiger partial charge in [-0.3, -0.25) is 9.59 Å². The van der Waals surface area contributed by atoms with Crippen molar-refractivity contribution in [3.63, 3.8) is 0 Å². The average molecular weight is 346 g/mol. The van der Waals surface area contributed by atoms with Crippen molar-refractivity contribution in [3.05, 3.63) is 64.2 Å². The Bertz CT molecular complexity index is 756. The molecular formula is C19H20ClNO3. The summed E-state index contributed by atoms with van der Waals surface area (Å²) in [4.78, 5) is 25.6. The number of hydrogen-bond donors (Lipinski definition) is 0. The number of hydrogen-bond acceptors (Lipinski definition) is 3. The lowest BCUT2D eigenvalue weighted by molar-refractivity contribution is -0.134. The van der Waals surface area contributed by atoms with Crippen LogP contribution in [-0.4, -0.2) is 30.9 Å². The Morgan fingerprint density at radius 2 is 1.88 bits per heavy atom. The largest absolute Gasteiger partial charge is 0.426 e. The fraction of sp³-hybridized carbons (Fsp3) is 0.263. The van der Waals surface area contributed by atoms with Gasteiger partial charge < -0.3 is 9.64 Å². The molecule has 0 radical (unpaired) electrons. The number of esters is 1. The maximum atomic E-state index is 12.1. The Balaban J connectivity index is 2.03. The van der Waals surface area contributed by atoms with E-state index < -0.39 is 0 Å². The smallest absolute Gasteiger partial charge is 0.311 e. The fourth-order valence-electron chi connectivity index (χ4n) is 2.21. The first-order valence-corrected chi connectivity index (χ1v) is 8.02. The molecule has 0 saturated carbocycles. The van der Waals surface area contributed by atoms with Crippen LogP contribution >= 0.6 is 11.6 Å². The quantitative estimate of drug-likeness (QED) is 0.610. The van der Waals surface area contributed by atoms with Gasteiger partial charge in [0.2, 0.25) is 0 Å². The van der Waals surface area contributed by atoms with Crippen molar-refractivity contribution in [1.82, 2.24) is 4.90 Å². The Hall–Kier alpha value is -2.33. The molecule has 4 nitrogen and oxygen atoms in total. The van der Waals surface area contributed by atoms with Gasteiger partial charge in [-0.25, -0.2) is 0 Å². The number of ether oxygens (including phenoxy) is 1. The lowest BCUT2D eigenvalue weighted by Gasteiger charge is -2.13. The highest BCUT2D eigenvalue weighted by Crippen LogP contribution is 2.21. The van der Waals surface area contributed by atoms with Crippen molar-refractivity contribution in [2.24, 2.45) is 0 Å². The van der Waals surface area contributed by atoms with Gasteiger partial charge in [-0.15, -0.1) is 0 Å². The van der Waals surface area contributed by atoms with Crippen molar-refractivity contribution in [1.29, 1.82) is 0 Å². The number of benzene rings is 2. The molecule has 0 heterocycles. The highest BCUT2D eigenvalue weighted by Gasteiger charge is 2.13. The predicted octanol–water partition coefficient (Wildman–Crippen LogP) is 3.89. The molecule has 2 aromatic carbocycles. The second-order valence-electron chi connectivity index (χ2n) is 5.78. The van der Waals surface area contributed by atoms with Crippen molar-refractivity contribution in [2.75, 3.05) is 14.1 Å². The number of rotatable bonds is 5. The van der Waals surface area contributed by atoms with E-state index in [1.54, 1.807) is 38.4 Å². The van der Waals surface area contributed by atoms with Gasteiger partial charge in [0.1, 0.15) is 5.75 Å². The van der Waals surface area contributed by atoms with Crippen LogP contribution in [0, 0.1) is 6.92 Å². The molecule has 0 aliphatic carbocycles. The molecule has 0 unspecified atom stereocenters. The van der Waals surface area contributed by atoms with Gasteiger partial charge in [-0.2, -0.15) is 0 Å². The van der Waals surface area contributed by atoms with Crippen LogP contribution in [-0.2, 0) is 11.2 Å². The Labute approximate surface area is 147 Å². The Kier molecular flexibility index (Phi) is 5.99. The van der Waals surface area contributed by atoms with Crippen LogP contribution in [0.25, 0.3) is 0 Å². The van der Waals surface area contributed by atoms with E-state index in [0.29, 0.717) is 22.8 Å². The van der Waals surface area contributed by atoms with Gasteiger partial charge in [0.25, 0.3) is 5.91 Å². The molecule has 2 rings (SSSR count). The third-order valence-corrected chi connectivity index (χ3v) is 3.81. The number of halogens is 1. The van der Waals surface area contributed by atoms with Gasteiger partial charge in [0.05, 0.1) is 0 Å². The number of aryl methyl sites for hydroxylation is 2. The zero-order chi connectivity index (χ0) is 17.7. The molecule has 0 fully saturated rings. The van der Waals surface area contributed by atoms with Crippen LogP contribution in [0.4, 0.5) is 0 Å². The summed E-state index contributed by atoms with van der Waals surface area (Å²) in [5, 5.41) is 0.645. The summed E-state index contributed by atoms with van der Waals surface area (Å²) in [5.41, 5.74) is 2.28. The summed E-state index contributed by atoms with van der Waals surface area (Å²) in [5.74, 6) is -0.0578. The van der Waals surface area contributed by atoms with E-state index in [4.69, 9.17) is 16.3 Å². The molecular weight excluding hydrogens is 326 g/mol. The van der Waals surface area contributed by atoms with Crippen LogP contribution in [0.2, 0.25) is 5.02 Å². The van der Waals surface area contributed by atoms with Crippen LogP contribution in [0.3, 0.4) is 0 Å². The van der Waals surface area contributed by atoms with Crippen molar-refractivity contribution >= 4 is 23.5 Å². The second-order valence-corrected chi connectivity index (χ2v) is 6.22. The minimum absolute atomic E-state index is 0.133. The summed E-state index contributed by atoms with van der Waals surface area (Å²) in [6.07, 6.45) is 0.792. The Morgan fingerprint density at radius 1 is 1.12 bits per heavy atom. The summed E-state index contributed by atoms with van der Waals surface area (Å²) < 4.78 is 5.43. The minimum atomic E-state index is -0.340. The van der Waals surface area contributed by atoms with Crippen molar-refractivity contribution in [2.45, 2.75) is 19.8 Å². The van der Waals surface area contributed by atoms with E-state index in [-0.39, 0.29) is 18.3 Å². The van der Waals surface area contributed by atoms with Crippen LogP contribution in [0.5, 0.6) is 5.75 Å². The minimum Gasteiger partial charge on any atom is -0.426 e. The van der Waals surface area contributed by atoms with Gasteiger partial charge in [-0.1, -0.05) is 29.8 Å². The molecule has 0 N–H and O–H groups in total. The van der Waals surface area contributed by atoms with E-state index in [9.17, 15) is 9.59 Å². The first kappa shape index (κ1) is 18.0. The summed E-state index contributed by atoms with van der Waals surface area (Å²) in [7, 11) is 3.36. The van der Waals surface area contributed by atoms with Crippen LogP contribution in [0.15, 0.2) is 42.5 Å². The first-order valence-electron chi connectivity index (χ1n) is 7.64. The number of nitrogens with zero attached hydrogens (tertiary/aromatic N) is 1. The molecule has 2 aromatic rings. The van der Waals surface area contributed by atoms with E-state index in [1.165, 1.54) is 4.90 Å². The second kappa shape index (κ2) is 7.97. The van der Waals surface area contributed by atoms with Gasteiger partial charge in [0, 0.05) is 31.1 Å². The topological polar surface area (TPSA) is 46.6 Å². The molecule has 0 aromatic heterocycles. The maximum Gasteiger partial charge on any atom is 0.311 e. The number of carbonyl (C=O) groups excluding carboxylic acids is 2. The summed E-state index contributed by atoms with van der Waals surface area (Å²) >= 11 is 5.93. The molecule has 126 valence electrons. The lowest BCUT2D eigenvalue weighted by Crippen LogP contribution is -2.21. The monoisotopic (exact) mass is 345 g/mol. The normalized spacial score (nSPS) is 10.3. The molecule has 0 saturated heterocycles. The average Bonchev–Trinajstić information content (AvgIpc) is 2.54. The molecule has 0 spiro atoms. The molecule has 0 atom stereocenters. The van der Waals surface area contributed by atoms with Crippen LogP contribution < -0.4 is 4.74 Å². The third kappa shape index (κ3) is 4.83. The molecule has 0 aliphatic heterocycles.